The number of aliphatic hydroxyl groups is 1. The number of amides is 1. The van der Waals surface area contributed by atoms with Crippen LogP contribution in [0.5, 0.6) is 0 Å². The molecule has 0 bridgehead atoms. The summed E-state index contributed by atoms with van der Waals surface area (Å²) in [6.07, 6.45) is 7.23. The molecule has 0 saturated carbocycles. The predicted octanol–water partition coefficient (Wildman–Crippen LogP) is 4.51. The summed E-state index contributed by atoms with van der Waals surface area (Å²) in [6, 6.07) is 21.3. The highest BCUT2D eigenvalue weighted by atomic mass is 16.3. The third-order valence-corrected chi connectivity index (χ3v) is 6.97. The zero-order valence-corrected chi connectivity index (χ0v) is 22.7. The van der Waals surface area contributed by atoms with Crippen LogP contribution in [0.2, 0.25) is 0 Å². The number of carbonyl (C=O) groups is 1. The Bertz CT molecular complexity index is 1650. The van der Waals surface area contributed by atoms with Crippen LogP contribution in [0.1, 0.15) is 42.8 Å². The van der Waals surface area contributed by atoms with Gasteiger partial charge in [0.25, 0.3) is 5.56 Å². The fraction of sp³-hybridized carbons (Fsp3) is 0.250. The number of nitrogens with one attached hydrogen (secondary N) is 2. The molecule has 5 rings (SSSR count). The zero-order valence-electron chi connectivity index (χ0n) is 22.7. The molecule has 0 radical (unpaired) electrons. The highest BCUT2D eigenvalue weighted by Gasteiger charge is 2.19. The minimum atomic E-state index is -1.06. The summed E-state index contributed by atoms with van der Waals surface area (Å²) >= 11 is 0. The molecule has 0 unspecified atom stereocenters. The molecule has 2 aromatic carbocycles. The molecule has 0 atom stereocenters. The summed E-state index contributed by atoms with van der Waals surface area (Å²) in [5, 5.41) is 14.4. The number of H-pyrrole nitrogens is 1. The SMILES string of the molecule is CC(C)(O)c1cccc(-c2cnc(CCCc3ccccc3)c(=O)n2CC(=O)NCc2cc3cnccc3[nH]2)c1. The lowest BCUT2D eigenvalue weighted by Gasteiger charge is -2.20. The molecule has 40 heavy (non-hydrogen) atoms. The quantitative estimate of drug-likeness (QED) is 0.244. The lowest BCUT2D eigenvalue weighted by Crippen LogP contribution is -2.34. The van der Waals surface area contributed by atoms with Gasteiger partial charge in [0, 0.05) is 34.6 Å². The molecule has 204 valence electrons. The molecule has 3 aromatic heterocycles. The van der Waals surface area contributed by atoms with Crippen molar-refractivity contribution in [2.24, 2.45) is 0 Å². The maximum atomic E-state index is 13.7. The molecular formula is C32H33N5O3. The highest BCUT2D eigenvalue weighted by molar-refractivity contribution is 5.80. The molecule has 0 aliphatic rings. The van der Waals surface area contributed by atoms with Crippen LogP contribution in [0, 0.1) is 0 Å². The summed E-state index contributed by atoms with van der Waals surface area (Å²) in [5.74, 6) is -0.291. The van der Waals surface area contributed by atoms with Crippen molar-refractivity contribution in [3.63, 3.8) is 0 Å². The number of pyridine rings is 1. The van der Waals surface area contributed by atoms with Gasteiger partial charge in [0.1, 0.15) is 12.2 Å². The summed E-state index contributed by atoms with van der Waals surface area (Å²) < 4.78 is 1.48. The van der Waals surface area contributed by atoms with Crippen molar-refractivity contribution < 1.29 is 9.90 Å². The molecule has 8 heteroatoms. The number of hydrogen-bond acceptors (Lipinski definition) is 5. The van der Waals surface area contributed by atoms with Crippen molar-refractivity contribution in [3.8, 4) is 11.3 Å². The average molecular weight is 536 g/mol. The van der Waals surface area contributed by atoms with Gasteiger partial charge in [-0.2, -0.15) is 0 Å². The van der Waals surface area contributed by atoms with Crippen LogP contribution >= 0.6 is 0 Å². The van der Waals surface area contributed by atoms with E-state index in [2.05, 4.69) is 32.4 Å². The first-order valence-electron chi connectivity index (χ1n) is 13.4. The largest absolute Gasteiger partial charge is 0.386 e. The Labute approximate surface area is 232 Å². The molecule has 0 spiro atoms. The number of carbonyl (C=O) groups excluding carboxylic acids is 1. The molecule has 1 amide bonds. The molecule has 0 aliphatic heterocycles. The van der Waals surface area contributed by atoms with Crippen LogP contribution in [0.4, 0.5) is 0 Å². The molecule has 0 aliphatic carbocycles. The van der Waals surface area contributed by atoms with Gasteiger partial charge in [-0.15, -0.1) is 0 Å². The van der Waals surface area contributed by atoms with E-state index >= 15 is 0 Å². The molecule has 3 heterocycles. The van der Waals surface area contributed by atoms with E-state index in [1.54, 1.807) is 32.4 Å². The normalized spacial score (nSPS) is 11.6. The maximum absolute atomic E-state index is 13.7. The van der Waals surface area contributed by atoms with Gasteiger partial charge < -0.3 is 15.4 Å². The Morgan fingerprint density at radius 3 is 2.62 bits per heavy atom. The van der Waals surface area contributed by atoms with Gasteiger partial charge in [0.05, 0.1) is 24.0 Å². The summed E-state index contributed by atoms with van der Waals surface area (Å²) in [4.78, 5) is 38.7. The third-order valence-electron chi connectivity index (χ3n) is 6.97. The highest BCUT2D eigenvalue weighted by Crippen LogP contribution is 2.26. The van der Waals surface area contributed by atoms with E-state index < -0.39 is 5.60 Å². The number of aryl methyl sites for hydroxylation is 2. The second-order valence-electron chi connectivity index (χ2n) is 10.5. The third kappa shape index (κ3) is 6.35. The Hall–Kier alpha value is -4.56. The van der Waals surface area contributed by atoms with Crippen LogP contribution in [-0.4, -0.2) is 30.5 Å². The van der Waals surface area contributed by atoms with E-state index in [0.29, 0.717) is 35.5 Å². The Balaban J connectivity index is 1.40. The van der Waals surface area contributed by atoms with Crippen molar-refractivity contribution in [1.29, 1.82) is 0 Å². The van der Waals surface area contributed by atoms with Crippen molar-refractivity contribution in [3.05, 3.63) is 118 Å². The lowest BCUT2D eigenvalue weighted by atomic mass is 9.96. The molecule has 5 aromatic rings. The molecule has 0 fully saturated rings. The van der Waals surface area contributed by atoms with Gasteiger partial charge in [0.2, 0.25) is 5.91 Å². The number of hydrogen-bond donors (Lipinski definition) is 3. The standard InChI is InChI=1S/C32H33N5O3/c1-32(2,40)25-12-7-11-23(16-25)29-20-34-28(13-6-10-22-8-4-3-5-9-22)31(39)37(29)21-30(38)35-19-26-17-24-18-33-15-14-27(24)36-26/h3-5,7-9,11-12,14-18,20,36,40H,6,10,13,19,21H2,1-2H3,(H,35,38). The van der Waals surface area contributed by atoms with Crippen molar-refractivity contribution in [2.75, 3.05) is 0 Å². The van der Waals surface area contributed by atoms with Crippen molar-refractivity contribution in [1.82, 2.24) is 24.8 Å². The lowest BCUT2D eigenvalue weighted by molar-refractivity contribution is -0.121. The molecule has 3 N–H and O–H groups in total. The van der Waals surface area contributed by atoms with Gasteiger partial charge in [0.15, 0.2) is 0 Å². The number of aromatic amines is 1. The van der Waals surface area contributed by atoms with Gasteiger partial charge in [-0.1, -0.05) is 48.5 Å². The Morgan fingerprint density at radius 1 is 1.02 bits per heavy atom. The van der Waals surface area contributed by atoms with Crippen LogP contribution in [0.3, 0.4) is 0 Å². The van der Waals surface area contributed by atoms with E-state index in [4.69, 9.17) is 0 Å². The van der Waals surface area contributed by atoms with Crippen LogP contribution in [-0.2, 0) is 36.3 Å². The summed E-state index contributed by atoms with van der Waals surface area (Å²) in [6.45, 7) is 3.55. The van der Waals surface area contributed by atoms with Crippen LogP contribution < -0.4 is 10.9 Å². The zero-order chi connectivity index (χ0) is 28.1. The first-order chi connectivity index (χ1) is 19.3. The smallest absolute Gasteiger partial charge is 0.273 e. The first-order valence-corrected chi connectivity index (χ1v) is 13.4. The first kappa shape index (κ1) is 27.0. The molecule has 0 saturated heterocycles. The Kier molecular flexibility index (Phi) is 7.89. The maximum Gasteiger partial charge on any atom is 0.273 e. The van der Waals surface area contributed by atoms with Crippen molar-refractivity contribution >= 4 is 16.8 Å². The van der Waals surface area contributed by atoms with E-state index in [-0.39, 0.29) is 18.0 Å². The topological polar surface area (TPSA) is 113 Å². The minimum Gasteiger partial charge on any atom is -0.386 e. The number of nitrogens with zero attached hydrogens (tertiary/aromatic N) is 3. The number of aromatic nitrogens is 4. The number of benzene rings is 2. The van der Waals surface area contributed by atoms with Crippen LogP contribution in [0.15, 0.2) is 90.1 Å². The fourth-order valence-electron chi connectivity index (χ4n) is 4.77. The second-order valence-corrected chi connectivity index (χ2v) is 10.5. The van der Waals surface area contributed by atoms with Crippen molar-refractivity contribution in [2.45, 2.75) is 51.8 Å². The van der Waals surface area contributed by atoms with Gasteiger partial charge in [-0.05, 0) is 62.4 Å². The second kappa shape index (κ2) is 11.7. The summed E-state index contributed by atoms with van der Waals surface area (Å²) in [5.41, 5.74) is 4.00. The Morgan fingerprint density at radius 2 is 1.85 bits per heavy atom. The molecular weight excluding hydrogens is 502 g/mol. The predicted molar refractivity (Wildman–Crippen MR) is 156 cm³/mol. The van der Waals surface area contributed by atoms with Crippen LogP contribution in [0.25, 0.3) is 22.2 Å². The number of fused-ring (bicyclic) bond motifs is 1. The van der Waals surface area contributed by atoms with Gasteiger partial charge in [-0.25, -0.2) is 0 Å². The van der Waals surface area contributed by atoms with E-state index in [1.807, 2.05) is 54.6 Å². The van der Waals surface area contributed by atoms with Gasteiger partial charge in [-0.3, -0.25) is 24.1 Å². The number of rotatable bonds is 10. The fourth-order valence-corrected chi connectivity index (χ4v) is 4.77. The minimum absolute atomic E-state index is 0.156. The van der Waals surface area contributed by atoms with E-state index in [0.717, 1.165) is 29.4 Å². The van der Waals surface area contributed by atoms with E-state index in [1.165, 1.54) is 10.1 Å². The monoisotopic (exact) mass is 535 g/mol. The summed E-state index contributed by atoms with van der Waals surface area (Å²) in [7, 11) is 0. The molecule has 8 nitrogen and oxygen atoms in total. The average Bonchev–Trinajstić information content (AvgIpc) is 3.37. The van der Waals surface area contributed by atoms with Gasteiger partial charge >= 0.3 is 0 Å². The van der Waals surface area contributed by atoms with E-state index in [9.17, 15) is 14.7 Å².